The van der Waals surface area contributed by atoms with Gasteiger partial charge in [0.05, 0.1) is 11.7 Å². The van der Waals surface area contributed by atoms with Crippen molar-refractivity contribution in [2.75, 3.05) is 32.8 Å². The summed E-state index contributed by atoms with van der Waals surface area (Å²) in [7, 11) is 0. The van der Waals surface area contributed by atoms with E-state index in [2.05, 4.69) is 35.1 Å². The van der Waals surface area contributed by atoms with Crippen LogP contribution < -0.4 is 10.1 Å². The summed E-state index contributed by atoms with van der Waals surface area (Å²) in [6, 6.07) is 9.93. The van der Waals surface area contributed by atoms with E-state index in [1.54, 1.807) is 0 Å². The smallest absolute Gasteiger partial charge is 0.123 e. The summed E-state index contributed by atoms with van der Waals surface area (Å²) in [5.74, 6) is 1.46. The zero-order chi connectivity index (χ0) is 18.5. The maximum atomic E-state index is 10.1. The van der Waals surface area contributed by atoms with Gasteiger partial charge in [-0.05, 0) is 42.7 Å². The monoisotopic (exact) mass is 427 g/mol. The second kappa shape index (κ2) is 11.5. The van der Waals surface area contributed by atoms with E-state index in [0.717, 1.165) is 48.7 Å². The SMILES string of the molecule is Cc1cc(OCC(c2ccccn2)N2CCNCC2)c(C(C)C)cc1O.Cl.Cl. The van der Waals surface area contributed by atoms with Gasteiger partial charge in [0.1, 0.15) is 18.1 Å². The minimum atomic E-state index is 0. The number of halogens is 2. The molecule has 1 aliphatic heterocycles. The highest BCUT2D eigenvalue weighted by Crippen LogP contribution is 2.33. The molecule has 0 amide bonds. The number of aromatic nitrogens is 1. The van der Waals surface area contributed by atoms with Crippen molar-refractivity contribution in [2.24, 2.45) is 0 Å². The predicted octanol–water partition coefficient (Wildman–Crippen LogP) is 4.09. The Labute approximate surface area is 180 Å². The van der Waals surface area contributed by atoms with Gasteiger partial charge >= 0.3 is 0 Å². The van der Waals surface area contributed by atoms with Crippen molar-refractivity contribution in [3.63, 3.8) is 0 Å². The number of phenols is 1. The van der Waals surface area contributed by atoms with Gasteiger partial charge < -0.3 is 15.2 Å². The Balaban J connectivity index is 0.00000196. The van der Waals surface area contributed by atoms with Crippen LogP contribution in [0.5, 0.6) is 11.5 Å². The molecule has 2 aromatic rings. The van der Waals surface area contributed by atoms with E-state index < -0.39 is 0 Å². The number of aryl methyl sites for hydroxylation is 1. The summed E-state index contributed by atoms with van der Waals surface area (Å²) in [5, 5.41) is 13.5. The summed E-state index contributed by atoms with van der Waals surface area (Å²) in [4.78, 5) is 7.01. The van der Waals surface area contributed by atoms with Crippen molar-refractivity contribution in [2.45, 2.75) is 32.7 Å². The molecule has 0 aliphatic carbocycles. The van der Waals surface area contributed by atoms with Gasteiger partial charge in [-0.2, -0.15) is 0 Å². The number of nitrogens with one attached hydrogen (secondary N) is 1. The van der Waals surface area contributed by atoms with Crippen LogP contribution in [-0.2, 0) is 0 Å². The number of hydrogen-bond donors (Lipinski definition) is 2. The first-order valence-electron chi connectivity index (χ1n) is 9.38. The first-order chi connectivity index (χ1) is 12.6. The van der Waals surface area contributed by atoms with Crippen LogP contribution in [0.15, 0.2) is 36.5 Å². The second-order valence-corrected chi connectivity index (χ2v) is 7.20. The Hall–Kier alpha value is -1.53. The van der Waals surface area contributed by atoms with Crippen molar-refractivity contribution in [1.82, 2.24) is 15.2 Å². The first-order valence-corrected chi connectivity index (χ1v) is 9.38. The van der Waals surface area contributed by atoms with E-state index in [0.29, 0.717) is 12.4 Å². The molecule has 1 aromatic carbocycles. The highest BCUT2D eigenvalue weighted by molar-refractivity contribution is 5.85. The fourth-order valence-corrected chi connectivity index (χ4v) is 3.38. The lowest BCUT2D eigenvalue weighted by Gasteiger charge is -2.34. The highest BCUT2D eigenvalue weighted by atomic mass is 35.5. The Morgan fingerprint density at radius 3 is 2.50 bits per heavy atom. The largest absolute Gasteiger partial charge is 0.508 e. The molecule has 1 saturated heterocycles. The van der Waals surface area contributed by atoms with Crippen LogP contribution >= 0.6 is 24.8 Å². The van der Waals surface area contributed by atoms with Crippen LogP contribution in [0.2, 0.25) is 0 Å². The molecule has 1 aromatic heterocycles. The lowest BCUT2D eigenvalue weighted by Crippen LogP contribution is -2.46. The molecule has 1 unspecified atom stereocenters. The van der Waals surface area contributed by atoms with Gasteiger partial charge in [-0.3, -0.25) is 9.88 Å². The van der Waals surface area contributed by atoms with Crippen LogP contribution in [0.4, 0.5) is 0 Å². The Kier molecular flexibility index (Phi) is 10.0. The molecule has 0 bridgehead atoms. The maximum Gasteiger partial charge on any atom is 0.123 e. The zero-order valence-corrected chi connectivity index (χ0v) is 18.4. The molecule has 7 heteroatoms. The molecule has 3 rings (SSSR count). The molecule has 1 aliphatic rings. The van der Waals surface area contributed by atoms with E-state index in [1.165, 1.54) is 0 Å². The van der Waals surface area contributed by atoms with E-state index >= 15 is 0 Å². The topological polar surface area (TPSA) is 57.6 Å². The molecular formula is C21H31Cl2N3O2. The van der Waals surface area contributed by atoms with E-state index in [1.807, 2.05) is 37.4 Å². The standard InChI is InChI=1S/C21H29N3O2.2ClH/c1-15(2)17-13-20(25)16(3)12-21(17)26-14-19(18-6-4-5-7-23-18)24-10-8-22-9-11-24;;/h4-7,12-13,15,19,22,25H,8-11,14H2,1-3H3;2*1H. The average Bonchev–Trinajstić information content (AvgIpc) is 2.66. The number of ether oxygens (including phenoxy) is 1. The summed E-state index contributed by atoms with van der Waals surface area (Å²) >= 11 is 0. The molecule has 0 saturated carbocycles. The molecule has 1 atom stereocenters. The summed E-state index contributed by atoms with van der Waals surface area (Å²) in [5.41, 5.74) is 2.91. The van der Waals surface area contributed by atoms with Crippen molar-refractivity contribution >= 4 is 24.8 Å². The van der Waals surface area contributed by atoms with Gasteiger partial charge in [0, 0.05) is 37.9 Å². The molecule has 5 nitrogen and oxygen atoms in total. The Morgan fingerprint density at radius 1 is 1.18 bits per heavy atom. The fraction of sp³-hybridized carbons (Fsp3) is 0.476. The number of aromatic hydroxyl groups is 1. The average molecular weight is 428 g/mol. The van der Waals surface area contributed by atoms with Gasteiger partial charge in [0.15, 0.2) is 0 Å². The van der Waals surface area contributed by atoms with E-state index in [9.17, 15) is 5.11 Å². The van der Waals surface area contributed by atoms with Gasteiger partial charge in [-0.1, -0.05) is 19.9 Å². The van der Waals surface area contributed by atoms with Gasteiger partial charge in [-0.15, -0.1) is 24.8 Å². The molecule has 1 fully saturated rings. The third-order valence-electron chi connectivity index (χ3n) is 4.97. The lowest BCUT2D eigenvalue weighted by molar-refractivity contribution is 0.117. The van der Waals surface area contributed by atoms with Crippen LogP contribution in [0, 0.1) is 6.92 Å². The van der Waals surface area contributed by atoms with Crippen molar-refractivity contribution in [3.05, 3.63) is 53.3 Å². The Bertz CT molecular complexity index is 723. The third kappa shape index (κ3) is 5.98. The summed E-state index contributed by atoms with van der Waals surface area (Å²) in [6.45, 7) is 10.6. The van der Waals surface area contributed by atoms with Crippen molar-refractivity contribution in [1.29, 1.82) is 0 Å². The summed E-state index contributed by atoms with van der Waals surface area (Å²) in [6.07, 6.45) is 1.84. The van der Waals surface area contributed by atoms with Crippen molar-refractivity contribution in [3.8, 4) is 11.5 Å². The van der Waals surface area contributed by atoms with Gasteiger partial charge in [0.25, 0.3) is 0 Å². The van der Waals surface area contributed by atoms with E-state index in [4.69, 9.17) is 4.74 Å². The number of rotatable bonds is 6. The molecule has 2 N–H and O–H groups in total. The second-order valence-electron chi connectivity index (χ2n) is 7.20. The third-order valence-corrected chi connectivity index (χ3v) is 4.97. The molecular weight excluding hydrogens is 397 g/mol. The minimum absolute atomic E-state index is 0. The fourth-order valence-electron chi connectivity index (χ4n) is 3.38. The van der Waals surface area contributed by atoms with Crippen LogP contribution in [-0.4, -0.2) is 47.8 Å². The van der Waals surface area contributed by atoms with Crippen LogP contribution in [0.3, 0.4) is 0 Å². The van der Waals surface area contributed by atoms with Crippen LogP contribution in [0.1, 0.15) is 42.6 Å². The van der Waals surface area contributed by atoms with E-state index in [-0.39, 0.29) is 36.8 Å². The lowest BCUT2D eigenvalue weighted by atomic mass is 10.00. The zero-order valence-electron chi connectivity index (χ0n) is 16.7. The number of pyridine rings is 1. The molecule has 0 radical (unpaired) electrons. The minimum Gasteiger partial charge on any atom is -0.508 e. The molecule has 156 valence electrons. The molecule has 28 heavy (non-hydrogen) atoms. The molecule has 0 spiro atoms. The van der Waals surface area contributed by atoms with Crippen LogP contribution in [0.25, 0.3) is 0 Å². The number of nitrogens with zero attached hydrogens (tertiary/aromatic N) is 2. The van der Waals surface area contributed by atoms with Gasteiger partial charge in [-0.25, -0.2) is 0 Å². The number of piperazine rings is 1. The summed E-state index contributed by atoms with van der Waals surface area (Å²) < 4.78 is 6.29. The highest BCUT2D eigenvalue weighted by Gasteiger charge is 2.24. The Morgan fingerprint density at radius 2 is 1.89 bits per heavy atom. The number of hydrogen-bond acceptors (Lipinski definition) is 5. The maximum absolute atomic E-state index is 10.1. The predicted molar refractivity (Wildman–Crippen MR) is 118 cm³/mol. The van der Waals surface area contributed by atoms with Crippen molar-refractivity contribution < 1.29 is 9.84 Å². The molecule has 2 heterocycles. The quantitative estimate of drug-likeness (QED) is 0.726. The normalized spacial score (nSPS) is 15.4. The first kappa shape index (κ1) is 24.5. The van der Waals surface area contributed by atoms with Gasteiger partial charge in [0.2, 0.25) is 0 Å². The number of phenolic OH excluding ortho intramolecular Hbond substituents is 1. The number of benzene rings is 1.